The fraction of sp³-hybridized carbons (Fsp3) is 1.00. The van der Waals surface area contributed by atoms with Crippen LogP contribution < -0.4 is 0 Å². The lowest BCUT2D eigenvalue weighted by Gasteiger charge is -2.24. The third-order valence-electron chi connectivity index (χ3n) is 4.97. The van der Waals surface area contributed by atoms with Gasteiger partial charge >= 0.3 is 15.0 Å². The molecule has 0 aliphatic heterocycles. The molecule has 170 valence electrons. The van der Waals surface area contributed by atoms with Crippen molar-refractivity contribution in [3.63, 3.8) is 0 Å². The Morgan fingerprint density at radius 2 is 0.929 bits per heavy atom. The molecule has 0 aromatic rings. The molecule has 0 atom stereocenters. The maximum absolute atomic E-state index is 11.9. The summed E-state index contributed by atoms with van der Waals surface area (Å²) in [6.07, 6.45) is 10.9. The van der Waals surface area contributed by atoms with Gasteiger partial charge in [0.2, 0.25) is 0 Å². The van der Waals surface area contributed by atoms with Gasteiger partial charge in [-0.3, -0.25) is 0 Å². The van der Waals surface area contributed by atoms with Crippen molar-refractivity contribution < 1.29 is 31.2 Å². The number of hydrogen-bond acceptors (Lipinski definition) is 4. The Hall–Kier alpha value is -0.153. The summed E-state index contributed by atoms with van der Waals surface area (Å²) >= 11 is 0. The van der Waals surface area contributed by atoms with E-state index < -0.39 is 21.6 Å². The number of halogens is 3. The van der Waals surface area contributed by atoms with Crippen molar-refractivity contribution in [2.75, 3.05) is 34.5 Å². The highest BCUT2D eigenvalue weighted by molar-refractivity contribution is 6.60. The molecule has 4 nitrogen and oxygen atoms in total. The molecule has 0 saturated carbocycles. The lowest BCUT2D eigenvalue weighted by molar-refractivity contribution is -0.174. The van der Waals surface area contributed by atoms with Gasteiger partial charge in [0.05, 0.1) is 0 Å². The first kappa shape index (κ1) is 27.8. The van der Waals surface area contributed by atoms with Crippen molar-refractivity contribution in [2.24, 2.45) is 0 Å². The predicted molar refractivity (Wildman–Crippen MR) is 108 cm³/mol. The second kappa shape index (κ2) is 17.7. The van der Waals surface area contributed by atoms with Gasteiger partial charge in [-0.1, -0.05) is 70.6 Å². The van der Waals surface area contributed by atoms with Crippen LogP contribution in [0.5, 0.6) is 0 Å². The molecule has 28 heavy (non-hydrogen) atoms. The average Bonchev–Trinajstić information content (AvgIpc) is 2.67. The lowest BCUT2D eigenvalue weighted by atomic mass is 10.0. The van der Waals surface area contributed by atoms with E-state index in [0.717, 1.165) is 31.7 Å². The Morgan fingerprint density at radius 3 is 1.29 bits per heavy atom. The molecule has 0 unspecified atom stereocenters. The first-order chi connectivity index (χ1) is 13.4. The molecular formula is C20H41F3O4Si. The maximum Gasteiger partial charge on any atom is 0.500 e. The molecule has 0 amide bonds. The molecule has 0 aromatic heterocycles. The van der Waals surface area contributed by atoms with Crippen molar-refractivity contribution in [3.05, 3.63) is 0 Å². The SMILES string of the molecule is CO[Si](CCCCCCCCCCCCCCCOCC(F)(F)F)(OC)OC. The van der Waals surface area contributed by atoms with Crippen LogP contribution in [0.3, 0.4) is 0 Å². The minimum Gasteiger partial charge on any atom is -0.377 e. The Balaban J connectivity index is 3.24. The van der Waals surface area contributed by atoms with Crippen LogP contribution in [0.15, 0.2) is 0 Å². The third kappa shape index (κ3) is 16.8. The van der Waals surface area contributed by atoms with Gasteiger partial charge in [-0.05, 0) is 12.8 Å². The Bertz CT molecular complexity index is 332. The largest absolute Gasteiger partial charge is 0.500 e. The van der Waals surface area contributed by atoms with Gasteiger partial charge in [-0.15, -0.1) is 0 Å². The monoisotopic (exact) mass is 430 g/mol. The molecule has 8 heteroatoms. The van der Waals surface area contributed by atoms with E-state index in [9.17, 15) is 13.2 Å². The van der Waals surface area contributed by atoms with Crippen molar-refractivity contribution in [2.45, 2.75) is 95.7 Å². The quantitative estimate of drug-likeness (QED) is 0.163. The number of rotatable bonds is 20. The summed E-state index contributed by atoms with van der Waals surface area (Å²) in [5.74, 6) is 0. The number of unbranched alkanes of at least 4 members (excludes halogenated alkanes) is 12. The highest BCUT2D eigenvalue weighted by atomic mass is 28.4. The molecule has 0 fully saturated rings. The predicted octanol–water partition coefficient (Wildman–Crippen LogP) is 6.51. The van der Waals surface area contributed by atoms with E-state index in [2.05, 4.69) is 4.74 Å². The molecule has 0 radical (unpaired) electrons. The number of hydrogen-bond donors (Lipinski definition) is 0. The summed E-state index contributed by atoms with van der Waals surface area (Å²) in [4.78, 5) is 0. The standard InChI is InChI=1S/C20H41F3O4Si/c1-24-28(25-2,26-3)18-16-14-12-10-8-6-4-5-7-9-11-13-15-17-27-19-20(21,22)23/h4-19H2,1-3H3. The van der Waals surface area contributed by atoms with E-state index >= 15 is 0 Å². The zero-order chi connectivity index (χ0) is 21.1. The summed E-state index contributed by atoms with van der Waals surface area (Å²) in [5, 5.41) is 0. The van der Waals surface area contributed by atoms with Gasteiger partial charge in [0, 0.05) is 34.0 Å². The topological polar surface area (TPSA) is 36.9 Å². The van der Waals surface area contributed by atoms with E-state index in [0.29, 0.717) is 0 Å². The molecule has 0 rings (SSSR count). The Labute approximate surface area is 170 Å². The van der Waals surface area contributed by atoms with Crippen LogP contribution in [-0.4, -0.2) is 49.5 Å². The van der Waals surface area contributed by atoms with Crippen LogP contribution in [0.1, 0.15) is 83.5 Å². The summed E-state index contributed by atoms with van der Waals surface area (Å²) < 4.78 is 56.5. The van der Waals surface area contributed by atoms with Crippen LogP contribution in [0, 0.1) is 0 Å². The minimum atomic E-state index is -4.20. The van der Waals surface area contributed by atoms with Gasteiger partial charge in [0.25, 0.3) is 0 Å². The van der Waals surface area contributed by atoms with Gasteiger partial charge < -0.3 is 18.0 Å². The number of alkyl halides is 3. The zero-order valence-electron chi connectivity index (χ0n) is 18.1. The molecular weight excluding hydrogens is 389 g/mol. The molecule has 0 bridgehead atoms. The molecule has 0 aliphatic rings. The van der Waals surface area contributed by atoms with Gasteiger partial charge in [-0.2, -0.15) is 13.2 Å². The lowest BCUT2D eigenvalue weighted by Crippen LogP contribution is -2.42. The van der Waals surface area contributed by atoms with Crippen LogP contribution >= 0.6 is 0 Å². The first-order valence-electron chi connectivity index (χ1n) is 10.7. The van der Waals surface area contributed by atoms with Gasteiger partial charge in [-0.25, -0.2) is 0 Å². The van der Waals surface area contributed by atoms with Crippen LogP contribution in [0.4, 0.5) is 13.2 Å². The first-order valence-corrected chi connectivity index (χ1v) is 12.6. The van der Waals surface area contributed by atoms with E-state index in [1.54, 1.807) is 21.3 Å². The van der Waals surface area contributed by atoms with Crippen molar-refractivity contribution >= 4 is 8.80 Å². The highest BCUT2D eigenvalue weighted by Gasteiger charge is 2.36. The van der Waals surface area contributed by atoms with Crippen LogP contribution in [0.25, 0.3) is 0 Å². The second-order valence-corrected chi connectivity index (χ2v) is 10.4. The summed E-state index contributed by atoms with van der Waals surface area (Å²) in [5.41, 5.74) is 0. The highest BCUT2D eigenvalue weighted by Crippen LogP contribution is 2.19. The van der Waals surface area contributed by atoms with Crippen LogP contribution in [0.2, 0.25) is 6.04 Å². The van der Waals surface area contributed by atoms with Crippen molar-refractivity contribution in [1.29, 1.82) is 0 Å². The summed E-state index contributed by atoms with van der Waals surface area (Å²) in [6, 6.07) is 0.880. The van der Waals surface area contributed by atoms with E-state index in [-0.39, 0.29) is 6.61 Å². The third-order valence-corrected chi connectivity index (χ3v) is 7.80. The normalized spacial score (nSPS) is 12.6. The minimum absolute atomic E-state index is 0.213. The molecule has 0 aromatic carbocycles. The molecule has 0 N–H and O–H groups in total. The molecule has 0 aliphatic carbocycles. The Morgan fingerprint density at radius 1 is 0.571 bits per heavy atom. The molecule has 0 saturated heterocycles. The van der Waals surface area contributed by atoms with Gasteiger partial charge in [0.1, 0.15) is 6.61 Å². The second-order valence-electron chi connectivity index (χ2n) is 7.31. The average molecular weight is 431 g/mol. The fourth-order valence-electron chi connectivity index (χ4n) is 3.23. The number of ether oxygens (including phenoxy) is 1. The van der Waals surface area contributed by atoms with E-state index in [1.807, 2.05) is 0 Å². The zero-order valence-corrected chi connectivity index (χ0v) is 19.1. The van der Waals surface area contributed by atoms with Gasteiger partial charge in [0.15, 0.2) is 0 Å². The smallest absolute Gasteiger partial charge is 0.377 e. The molecule has 0 heterocycles. The van der Waals surface area contributed by atoms with E-state index in [1.165, 1.54) is 57.8 Å². The van der Waals surface area contributed by atoms with Crippen LogP contribution in [-0.2, 0) is 18.0 Å². The van der Waals surface area contributed by atoms with Crippen molar-refractivity contribution in [3.8, 4) is 0 Å². The van der Waals surface area contributed by atoms with Crippen molar-refractivity contribution in [1.82, 2.24) is 0 Å². The maximum atomic E-state index is 11.9. The van der Waals surface area contributed by atoms with E-state index in [4.69, 9.17) is 13.3 Å². The summed E-state index contributed by atoms with van der Waals surface area (Å²) in [6.45, 7) is -0.909. The summed E-state index contributed by atoms with van der Waals surface area (Å²) in [7, 11) is 2.59. The Kier molecular flexibility index (Phi) is 17.6. The molecule has 0 spiro atoms. The fourth-order valence-corrected chi connectivity index (χ4v) is 5.03.